The van der Waals surface area contributed by atoms with Crippen LogP contribution in [0.1, 0.15) is 0 Å². The maximum absolute atomic E-state index is 6.44. The molecule has 0 N–H and O–H groups in total. The van der Waals surface area contributed by atoms with Gasteiger partial charge < -0.3 is 9.32 Å². The summed E-state index contributed by atoms with van der Waals surface area (Å²) in [5, 5.41) is 5.88. The number of nitrogens with zero attached hydrogens (tertiary/aromatic N) is 2. The first-order valence-corrected chi connectivity index (χ1v) is 14.5. The van der Waals surface area contributed by atoms with Gasteiger partial charge in [0.2, 0.25) is 0 Å². The zero-order chi connectivity index (χ0) is 26.9. The van der Waals surface area contributed by atoms with Crippen LogP contribution in [-0.4, -0.2) is 4.98 Å². The molecule has 0 radical (unpaired) electrons. The van der Waals surface area contributed by atoms with Gasteiger partial charge in [-0.15, -0.1) is 11.3 Å². The third-order valence-corrected chi connectivity index (χ3v) is 9.18. The SMILES string of the molecule is c1ccc(N(c2ccc(-c3nc4c(s3)-c3cccc5cccc-4c35)cc2)c2cccc3c2oc2ccccc23)cc1. The largest absolute Gasteiger partial charge is 0.454 e. The van der Waals surface area contributed by atoms with Gasteiger partial charge in [0.05, 0.1) is 16.3 Å². The average molecular weight is 543 g/mol. The van der Waals surface area contributed by atoms with Gasteiger partial charge in [-0.1, -0.05) is 84.9 Å². The van der Waals surface area contributed by atoms with Crippen molar-refractivity contribution >= 4 is 61.1 Å². The Kier molecular flexibility index (Phi) is 4.77. The van der Waals surface area contributed by atoms with Crippen LogP contribution in [0.2, 0.25) is 0 Å². The summed E-state index contributed by atoms with van der Waals surface area (Å²) in [7, 11) is 0. The molecule has 1 aliphatic rings. The standard InChI is InChI=1S/C37H22N2OS/c1-2-11-25(12-3-1)39(31-17-8-14-28-27-13-4-5-18-32(27)40-35(28)31)26-21-19-24(20-22-26)37-38-34-29-15-6-9-23-10-7-16-30(33(23)29)36(34)41-37/h1-22H. The van der Waals surface area contributed by atoms with Crippen LogP contribution in [0.4, 0.5) is 17.1 Å². The van der Waals surface area contributed by atoms with Gasteiger partial charge >= 0.3 is 0 Å². The molecule has 0 bridgehead atoms. The second kappa shape index (κ2) is 8.65. The van der Waals surface area contributed by atoms with E-state index >= 15 is 0 Å². The number of fused-ring (bicyclic) bond motifs is 6. The molecule has 0 saturated carbocycles. The number of aromatic nitrogens is 1. The van der Waals surface area contributed by atoms with Gasteiger partial charge in [-0.05, 0) is 59.3 Å². The number of furan rings is 1. The third kappa shape index (κ3) is 3.35. The predicted molar refractivity (Wildman–Crippen MR) is 171 cm³/mol. The molecule has 0 fully saturated rings. The van der Waals surface area contributed by atoms with E-state index in [9.17, 15) is 0 Å². The van der Waals surface area contributed by atoms with Crippen molar-refractivity contribution in [2.24, 2.45) is 0 Å². The topological polar surface area (TPSA) is 29.3 Å². The van der Waals surface area contributed by atoms with Gasteiger partial charge in [0, 0.05) is 38.8 Å². The molecule has 41 heavy (non-hydrogen) atoms. The molecule has 0 saturated heterocycles. The minimum absolute atomic E-state index is 0.880. The first-order chi connectivity index (χ1) is 20.3. The molecular weight excluding hydrogens is 520 g/mol. The fourth-order valence-electron chi connectivity index (χ4n) is 6.20. The van der Waals surface area contributed by atoms with Gasteiger partial charge in [0.15, 0.2) is 5.58 Å². The van der Waals surface area contributed by atoms with Crippen LogP contribution < -0.4 is 4.90 Å². The molecule has 192 valence electrons. The van der Waals surface area contributed by atoms with E-state index in [0.717, 1.165) is 55.3 Å². The van der Waals surface area contributed by atoms with Gasteiger partial charge in [0.1, 0.15) is 10.6 Å². The van der Waals surface area contributed by atoms with E-state index in [1.807, 2.05) is 18.2 Å². The van der Waals surface area contributed by atoms with Gasteiger partial charge in [-0.2, -0.15) is 0 Å². The van der Waals surface area contributed by atoms with Crippen LogP contribution in [0.15, 0.2) is 138 Å². The van der Waals surface area contributed by atoms with E-state index in [1.165, 1.54) is 26.8 Å². The molecule has 0 spiro atoms. The lowest BCUT2D eigenvalue weighted by molar-refractivity contribution is 0.669. The van der Waals surface area contributed by atoms with Gasteiger partial charge in [-0.3, -0.25) is 0 Å². The van der Waals surface area contributed by atoms with E-state index in [4.69, 9.17) is 9.40 Å². The third-order valence-electron chi connectivity index (χ3n) is 8.04. The Morgan fingerprint density at radius 1 is 0.585 bits per heavy atom. The number of anilines is 3. The van der Waals surface area contributed by atoms with Gasteiger partial charge in [0.25, 0.3) is 0 Å². The van der Waals surface area contributed by atoms with Crippen molar-refractivity contribution in [3.05, 3.63) is 133 Å². The lowest BCUT2D eigenvalue weighted by Crippen LogP contribution is -2.10. The molecule has 0 unspecified atom stereocenters. The van der Waals surface area contributed by atoms with E-state index < -0.39 is 0 Å². The monoisotopic (exact) mass is 542 g/mol. The molecule has 6 aromatic carbocycles. The van der Waals surface area contributed by atoms with Crippen molar-refractivity contribution in [1.29, 1.82) is 0 Å². The summed E-state index contributed by atoms with van der Waals surface area (Å²) in [5.74, 6) is 0. The van der Waals surface area contributed by atoms with Crippen LogP contribution in [0.5, 0.6) is 0 Å². The molecule has 9 rings (SSSR count). The van der Waals surface area contributed by atoms with Crippen LogP contribution in [0, 0.1) is 0 Å². The Labute approximate surface area is 240 Å². The van der Waals surface area contributed by atoms with E-state index in [0.29, 0.717) is 0 Å². The number of hydrogen-bond acceptors (Lipinski definition) is 4. The van der Waals surface area contributed by atoms with Gasteiger partial charge in [-0.25, -0.2) is 4.98 Å². The maximum Gasteiger partial charge on any atom is 0.159 e. The second-order valence-electron chi connectivity index (χ2n) is 10.4. The summed E-state index contributed by atoms with van der Waals surface area (Å²) in [6, 6.07) is 46.9. The van der Waals surface area contributed by atoms with Crippen LogP contribution in [0.3, 0.4) is 0 Å². The smallest absolute Gasteiger partial charge is 0.159 e. The molecule has 2 heterocycles. The number of para-hydroxylation sites is 3. The van der Waals surface area contributed by atoms with Crippen molar-refractivity contribution in [2.75, 3.05) is 4.90 Å². The number of rotatable bonds is 4. The summed E-state index contributed by atoms with van der Waals surface area (Å²) in [5.41, 5.74) is 9.67. The second-order valence-corrected chi connectivity index (χ2v) is 11.4. The first kappa shape index (κ1) is 22.6. The fourth-order valence-corrected chi connectivity index (χ4v) is 7.32. The predicted octanol–water partition coefficient (Wildman–Crippen LogP) is 11.0. The Balaban J connectivity index is 1.16. The minimum atomic E-state index is 0.880. The Bertz CT molecular complexity index is 2210. The van der Waals surface area contributed by atoms with Crippen LogP contribution in [0.25, 0.3) is 65.0 Å². The molecule has 0 atom stereocenters. The van der Waals surface area contributed by atoms with Crippen molar-refractivity contribution in [3.63, 3.8) is 0 Å². The molecule has 0 amide bonds. The van der Waals surface area contributed by atoms with Crippen LogP contribution >= 0.6 is 11.3 Å². The summed E-state index contributed by atoms with van der Waals surface area (Å²) in [6.45, 7) is 0. The Hall–Kier alpha value is -5.19. The quantitative estimate of drug-likeness (QED) is 0.221. The number of benzene rings is 6. The van der Waals surface area contributed by atoms with E-state index in [1.54, 1.807) is 11.3 Å². The molecule has 0 aliphatic heterocycles. The van der Waals surface area contributed by atoms with E-state index in [2.05, 4.69) is 120 Å². The van der Waals surface area contributed by atoms with Crippen molar-refractivity contribution in [2.45, 2.75) is 0 Å². The van der Waals surface area contributed by atoms with E-state index in [-0.39, 0.29) is 0 Å². The fraction of sp³-hybridized carbons (Fsp3) is 0. The normalized spacial score (nSPS) is 11.9. The highest BCUT2D eigenvalue weighted by Crippen LogP contribution is 2.51. The average Bonchev–Trinajstić information content (AvgIpc) is 3.72. The highest BCUT2D eigenvalue weighted by Gasteiger charge is 2.26. The lowest BCUT2D eigenvalue weighted by Gasteiger charge is -2.25. The minimum Gasteiger partial charge on any atom is -0.454 e. The highest BCUT2D eigenvalue weighted by atomic mass is 32.1. The summed E-state index contributed by atoms with van der Waals surface area (Å²) in [4.78, 5) is 8.68. The van der Waals surface area contributed by atoms with Crippen molar-refractivity contribution < 1.29 is 4.42 Å². The maximum atomic E-state index is 6.44. The first-order valence-electron chi connectivity index (χ1n) is 13.7. The zero-order valence-corrected chi connectivity index (χ0v) is 22.7. The molecule has 8 aromatic rings. The molecule has 4 heteroatoms. The highest BCUT2D eigenvalue weighted by molar-refractivity contribution is 7.19. The summed E-state index contributed by atoms with van der Waals surface area (Å²) in [6.07, 6.45) is 0. The Morgan fingerprint density at radius 3 is 2.15 bits per heavy atom. The zero-order valence-electron chi connectivity index (χ0n) is 21.9. The van der Waals surface area contributed by atoms with Crippen LogP contribution in [-0.2, 0) is 0 Å². The Morgan fingerprint density at radius 2 is 1.29 bits per heavy atom. The molecule has 3 nitrogen and oxygen atoms in total. The molecule has 1 aliphatic carbocycles. The number of thiazole rings is 1. The van der Waals surface area contributed by atoms with Crippen molar-refractivity contribution in [1.82, 2.24) is 4.98 Å². The summed E-state index contributed by atoms with van der Waals surface area (Å²) >= 11 is 1.78. The number of hydrogen-bond donors (Lipinski definition) is 0. The molecular formula is C37H22N2OS. The van der Waals surface area contributed by atoms with Crippen molar-refractivity contribution in [3.8, 4) is 32.3 Å². The lowest BCUT2D eigenvalue weighted by atomic mass is 10.0. The summed E-state index contributed by atoms with van der Waals surface area (Å²) < 4.78 is 6.44. The molecule has 2 aromatic heterocycles.